The first kappa shape index (κ1) is 23.8. The summed E-state index contributed by atoms with van der Waals surface area (Å²) in [5.41, 5.74) is 1.62. The number of halogens is 2. The molecule has 0 bridgehead atoms. The number of ether oxygens (including phenoxy) is 2. The van der Waals surface area contributed by atoms with E-state index in [1.165, 1.54) is 30.7 Å². The van der Waals surface area contributed by atoms with Gasteiger partial charge in [0.05, 0.1) is 31.3 Å². The number of nitrogens with one attached hydrogen (secondary N) is 1. The zero-order valence-electron chi connectivity index (χ0n) is 18.0. The van der Waals surface area contributed by atoms with E-state index in [4.69, 9.17) is 32.7 Å². The van der Waals surface area contributed by atoms with Gasteiger partial charge in [-0.25, -0.2) is 14.6 Å². The maximum Gasteiger partial charge on any atom is 0.278 e. The molecule has 174 valence electrons. The van der Waals surface area contributed by atoms with Gasteiger partial charge in [-0.3, -0.25) is 4.79 Å². The zero-order chi connectivity index (χ0) is 24.1. The van der Waals surface area contributed by atoms with Crippen molar-refractivity contribution in [1.82, 2.24) is 25.0 Å². The lowest BCUT2D eigenvalue weighted by Gasteiger charge is -2.12. The van der Waals surface area contributed by atoms with Crippen molar-refractivity contribution >= 4 is 46.6 Å². The van der Waals surface area contributed by atoms with Gasteiger partial charge in [-0.2, -0.15) is 0 Å². The molecule has 0 unspecified atom stereocenters. The van der Waals surface area contributed by atoms with Gasteiger partial charge in [-0.05, 0) is 36.4 Å². The Bertz CT molecular complexity index is 1300. The van der Waals surface area contributed by atoms with E-state index in [9.17, 15) is 4.79 Å². The van der Waals surface area contributed by atoms with Crippen LogP contribution < -0.4 is 14.8 Å². The van der Waals surface area contributed by atoms with Crippen LogP contribution in [0.5, 0.6) is 11.5 Å². The van der Waals surface area contributed by atoms with Gasteiger partial charge in [0.2, 0.25) is 0 Å². The topological polar surface area (TPSA) is 104 Å². The fourth-order valence-electron chi connectivity index (χ4n) is 3.06. The summed E-state index contributed by atoms with van der Waals surface area (Å²) in [5, 5.41) is 12.6. The van der Waals surface area contributed by atoms with Crippen LogP contribution in [-0.2, 0) is 5.75 Å². The van der Waals surface area contributed by atoms with Crippen molar-refractivity contribution in [3.63, 3.8) is 0 Å². The van der Waals surface area contributed by atoms with Crippen molar-refractivity contribution in [3.8, 4) is 17.2 Å². The minimum atomic E-state index is -0.476. The number of hydrogen-bond donors (Lipinski definition) is 1. The van der Waals surface area contributed by atoms with Crippen molar-refractivity contribution in [2.45, 2.75) is 10.9 Å². The Balaban J connectivity index is 1.71. The lowest BCUT2D eigenvalue weighted by molar-refractivity contribution is 0.102. The van der Waals surface area contributed by atoms with E-state index >= 15 is 0 Å². The van der Waals surface area contributed by atoms with Gasteiger partial charge >= 0.3 is 0 Å². The summed E-state index contributed by atoms with van der Waals surface area (Å²) in [6.45, 7) is 0. The van der Waals surface area contributed by atoms with Gasteiger partial charge in [-0.1, -0.05) is 40.2 Å². The zero-order valence-corrected chi connectivity index (χ0v) is 20.4. The molecule has 0 spiro atoms. The molecule has 0 radical (unpaired) electrons. The summed E-state index contributed by atoms with van der Waals surface area (Å²) < 4.78 is 12.1. The molecule has 0 saturated heterocycles. The molecule has 4 rings (SSSR count). The molecule has 0 atom stereocenters. The third-order valence-corrected chi connectivity index (χ3v) is 5.93. The van der Waals surface area contributed by atoms with Gasteiger partial charge in [0.25, 0.3) is 5.91 Å². The van der Waals surface area contributed by atoms with Crippen LogP contribution in [0.1, 0.15) is 16.2 Å². The van der Waals surface area contributed by atoms with Crippen LogP contribution in [0.2, 0.25) is 10.0 Å². The number of nitrogens with zero attached hydrogens (tertiary/aromatic N) is 5. The number of carbonyl (C=O) groups is 1. The maximum atomic E-state index is 13.3. The van der Waals surface area contributed by atoms with Crippen molar-refractivity contribution in [2.75, 3.05) is 19.5 Å². The Kier molecular flexibility index (Phi) is 7.51. The number of carbonyl (C=O) groups excluding carboxylic acids is 1. The van der Waals surface area contributed by atoms with Crippen LogP contribution >= 0.6 is 35.0 Å². The monoisotopic (exact) mass is 516 g/mol. The fraction of sp³-hybridized carbons (Fsp3) is 0.136. The highest BCUT2D eigenvalue weighted by Crippen LogP contribution is 2.31. The first-order valence-electron chi connectivity index (χ1n) is 9.82. The average Bonchev–Trinajstić information content (AvgIpc) is 3.27. The van der Waals surface area contributed by atoms with E-state index in [0.29, 0.717) is 49.5 Å². The molecule has 1 amide bonds. The quantitative estimate of drug-likeness (QED) is 0.259. The molecule has 1 N–H and O–H groups in total. The summed E-state index contributed by atoms with van der Waals surface area (Å²) in [5.74, 6) is 0.858. The third-order valence-electron chi connectivity index (χ3n) is 4.61. The largest absolute Gasteiger partial charge is 0.497 e. The smallest absolute Gasteiger partial charge is 0.278 e. The molecule has 0 saturated carbocycles. The molecule has 0 aliphatic carbocycles. The van der Waals surface area contributed by atoms with E-state index in [1.807, 2.05) is 0 Å². The van der Waals surface area contributed by atoms with E-state index in [-0.39, 0.29) is 5.69 Å². The normalized spacial score (nSPS) is 10.7. The van der Waals surface area contributed by atoms with Crippen LogP contribution in [0, 0.1) is 0 Å². The number of thioether (sulfide) groups is 1. The average molecular weight is 517 g/mol. The molecule has 0 aliphatic heterocycles. The standard InChI is InChI=1S/C22H18Cl2N6O3S/c1-32-16-4-5-19(33-2)17(11-16)27-21(31)20-18(12-34-22-25-6-3-7-26-22)30(29-28-20)15-9-13(23)8-14(24)10-15/h3-11H,12H2,1-2H3,(H,27,31). The number of aromatic nitrogens is 5. The first-order valence-corrected chi connectivity index (χ1v) is 11.6. The Morgan fingerprint density at radius 3 is 2.47 bits per heavy atom. The van der Waals surface area contributed by atoms with Gasteiger partial charge in [0.15, 0.2) is 10.9 Å². The van der Waals surface area contributed by atoms with Crippen LogP contribution in [0.15, 0.2) is 60.0 Å². The van der Waals surface area contributed by atoms with Gasteiger partial charge < -0.3 is 14.8 Å². The number of amides is 1. The lowest BCUT2D eigenvalue weighted by Crippen LogP contribution is -2.16. The number of hydrogen-bond acceptors (Lipinski definition) is 8. The second-order valence-electron chi connectivity index (χ2n) is 6.76. The molecule has 2 aromatic carbocycles. The molecule has 0 fully saturated rings. The molecule has 2 aromatic heterocycles. The number of methoxy groups -OCH3 is 2. The van der Waals surface area contributed by atoms with Crippen molar-refractivity contribution in [1.29, 1.82) is 0 Å². The van der Waals surface area contributed by atoms with Crippen molar-refractivity contribution < 1.29 is 14.3 Å². The summed E-state index contributed by atoms with van der Waals surface area (Å²) in [6.07, 6.45) is 3.29. The van der Waals surface area contributed by atoms with E-state index in [0.717, 1.165) is 0 Å². The lowest BCUT2D eigenvalue weighted by atomic mass is 10.2. The molecule has 12 heteroatoms. The molecular weight excluding hydrogens is 499 g/mol. The fourth-order valence-corrected chi connectivity index (χ4v) is 4.37. The summed E-state index contributed by atoms with van der Waals surface area (Å²) in [4.78, 5) is 21.7. The maximum absolute atomic E-state index is 13.3. The third kappa shape index (κ3) is 5.41. The number of benzene rings is 2. The van der Waals surface area contributed by atoms with Crippen LogP contribution in [0.3, 0.4) is 0 Å². The summed E-state index contributed by atoms with van der Waals surface area (Å²) >= 11 is 13.7. The van der Waals surface area contributed by atoms with Crippen LogP contribution in [0.25, 0.3) is 5.69 Å². The Morgan fingerprint density at radius 2 is 1.79 bits per heavy atom. The minimum absolute atomic E-state index is 0.115. The Hall–Kier alpha value is -3.34. The molecule has 4 aromatic rings. The highest BCUT2D eigenvalue weighted by molar-refractivity contribution is 7.98. The Labute approximate surface area is 209 Å². The van der Waals surface area contributed by atoms with Gasteiger partial charge in [0.1, 0.15) is 11.5 Å². The molecule has 0 aliphatic rings. The first-order chi connectivity index (χ1) is 16.5. The van der Waals surface area contributed by atoms with Gasteiger partial charge in [0, 0.05) is 34.3 Å². The number of anilines is 1. The molecule has 2 heterocycles. The minimum Gasteiger partial charge on any atom is -0.497 e. The second kappa shape index (κ2) is 10.7. The summed E-state index contributed by atoms with van der Waals surface area (Å²) in [7, 11) is 3.05. The van der Waals surface area contributed by atoms with Gasteiger partial charge in [-0.15, -0.1) is 5.10 Å². The molecular formula is C22H18Cl2N6O3S. The predicted octanol–water partition coefficient (Wildman–Crippen LogP) is 4.93. The van der Waals surface area contributed by atoms with Crippen molar-refractivity contribution in [3.05, 3.63) is 76.3 Å². The van der Waals surface area contributed by atoms with E-state index in [2.05, 4.69) is 25.6 Å². The highest BCUT2D eigenvalue weighted by Gasteiger charge is 2.23. The van der Waals surface area contributed by atoms with E-state index in [1.54, 1.807) is 54.9 Å². The predicted molar refractivity (Wildman–Crippen MR) is 130 cm³/mol. The van der Waals surface area contributed by atoms with E-state index < -0.39 is 5.91 Å². The Morgan fingerprint density at radius 1 is 1.06 bits per heavy atom. The SMILES string of the molecule is COc1ccc(OC)c(NC(=O)c2nnn(-c3cc(Cl)cc(Cl)c3)c2CSc2ncccn2)c1. The van der Waals surface area contributed by atoms with Crippen LogP contribution in [-0.4, -0.2) is 45.1 Å². The molecule has 34 heavy (non-hydrogen) atoms. The second-order valence-corrected chi connectivity index (χ2v) is 8.58. The number of rotatable bonds is 8. The highest BCUT2D eigenvalue weighted by atomic mass is 35.5. The van der Waals surface area contributed by atoms with Crippen LogP contribution in [0.4, 0.5) is 5.69 Å². The molecule has 9 nitrogen and oxygen atoms in total. The van der Waals surface area contributed by atoms with Crippen molar-refractivity contribution in [2.24, 2.45) is 0 Å². The summed E-state index contributed by atoms with van der Waals surface area (Å²) in [6, 6.07) is 11.8.